The van der Waals surface area contributed by atoms with Gasteiger partial charge in [0.2, 0.25) is 0 Å². The van der Waals surface area contributed by atoms with Gasteiger partial charge in [-0.3, -0.25) is 0 Å². The molecule has 2 unspecified atom stereocenters. The maximum absolute atomic E-state index is 5.12. The average Bonchev–Trinajstić information content (AvgIpc) is 2.33. The first-order chi connectivity index (χ1) is 8.24. The van der Waals surface area contributed by atoms with Gasteiger partial charge in [0.05, 0.1) is 0 Å². The van der Waals surface area contributed by atoms with Gasteiger partial charge < -0.3 is 10.1 Å². The zero-order valence-corrected chi connectivity index (χ0v) is 12.0. The number of ether oxygens (including phenoxy) is 1. The fraction of sp³-hybridized carbons (Fsp3) is 1.00. The van der Waals surface area contributed by atoms with Crippen LogP contribution < -0.4 is 5.32 Å². The first-order valence-electron chi connectivity index (χ1n) is 7.46. The van der Waals surface area contributed by atoms with E-state index in [0.717, 1.165) is 18.4 Å². The molecule has 0 radical (unpaired) electrons. The Morgan fingerprint density at radius 2 is 1.82 bits per heavy atom. The molecular formula is C15H31NO. The molecule has 17 heavy (non-hydrogen) atoms. The van der Waals surface area contributed by atoms with Gasteiger partial charge in [0.25, 0.3) is 0 Å². The fourth-order valence-corrected chi connectivity index (χ4v) is 2.97. The summed E-state index contributed by atoms with van der Waals surface area (Å²) in [4.78, 5) is 0. The molecule has 2 heteroatoms. The number of hydrogen-bond donors (Lipinski definition) is 1. The van der Waals surface area contributed by atoms with Gasteiger partial charge in [-0.2, -0.15) is 0 Å². The van der Waals surface area contributed by atoms with Gasteiger partial charge >= 0.3 is 0 Å². The molecule has 0 bridgehead atoms. The molecule has 0 aromatic rings. The minimum absolute atomic E-state index is 0.631. The molecule has 102 valence electrons. The molecule has 1 aliphatic carbocycles. The molecule has 1 fully saturated rings. The van der Waals surface area contributed by atoms with Crippen LogP contribution in [-0.2, 0) is 4.74 Å². The lowest BCUT2D eigenvalue weighted by Crippen LogP contribution is -2.34. The van der Waals surface area contributed by atoms with E-state index in [9.17, 15) is 0 Å². The van der Waals surface area contributed by atoms with E-state index in [1.54, 1.807) is 7.11 Å². The van der Waals surface area contributed by atoms with Crippen LogP contribution in [0.15, 0.2) is 0 Å². The summed E-state index contributed by atoms with van der Waals surface area (Å²) < 4.78 is 5.12. The van der Waals surface area contributed by atoms with Crippen molar-refractivity contribution in [1.29, 1.82) is 0 Å². The second-order valence-corrected chi connectivity index (χ2v) is 5.86. The van der Waals surface area contributed by atoms with E-state index >= 15 is 0 Å². The molecule has 1 saturated carbocycles. The van der Waals surface area contributed by atoms with E-state index < -0.39 is 0 Å². The third-order valence-electron chi connectivity index (χ3n) is 4.03. The predicted octanol–water partition coefficient (Wildman–Crippen LogP) is 3.61. The highest BCUT2D eigenvalue weighted by molar-refractivity contribution is 4.77. The van der Waals surface area contributed by atoms with Crippen LogP contribution in [0.4, 0.5) is 0 Å². The second-order valence-electron chi connectivity index (χ2n) is 5.86. The molecule has 0 aliphatic heterocycles. The van der Waals surface area contributed by atoms with Crippen LogP contribution in [0, 0.1) is 11.8 Å². The molecule has 2 nitrogen and oxygen atoms in total. The normalized spacial score (nSPS) is 25.4. The van der Waals surface area contributed by atoms with Crippen molar-refractivity contribution in [1.82, 2.24) is 5.32 Å². The third-order valence-corrected chi connectivity index (χ3v) is 4.03. The lowest BCUT2D eigenvalue weighted by molar-refractivity contribution is 0.176. The summed E-state index contributed by atoms with van der Waals surface area (Å²) in [5.74, 6) is 1.89. The van der Waals surface area contributed by atoms with Gasteiger partial charge in [0, 0.05) is 19.8 Å². The second kappa shape index (κ2) is 8.93. The van der Waals surface area contributed by atoms with E-state index in [2.05, 4.69) is 19.2 Å². The molecule has 0 heterocycles. The van der Waals surface area contributed by atoms with Crippen LogP contribution in [0.25, 0.3) is 0 Å². The minimum atomic E-state index is 0.631. The van der Waals surface area contributed by atoms with Crippen molar-refractivity contribution in [3.05, 3.63) is 0 Å². The standard InChI is InChI=1S/C15H31NO/c1-13(2)16-12-15-10-5-4-8-14(15)9-6-7-11-17-3/h13-16H,4-12H2,1-3H3. The summed E-state index contributed by atoms with van der Waals surface area (Å²) >= 11 is 0. The number of hydrogen-bond acceptors (Lipinski definition) is 2. The van der Waals surface area contributed by atoms with Gasteiger partial charge in [-0.25, -0.2) is 0 Å². The van der Waals surface area contributed by atoms with Crippen LogP contribution >= 0.6 is 0 Å². The van der Waals surface area contributed by atoms with E-state index in [4.69, 9.17) is 4.74 Å². The first-order valence-corrected chi connectivity index (χ1v) is 7.46. The number of nitrogens with one attached hydrogen (secondary N) is 1. The summed E-state index contributed by atoms with van der Waals surface area (Å²) in [6, 6.07) is 0.631. The Bertz CT molecular complexity index is 182. The maximum Gasteiger partial charge on any atom is 0.0462 e. The molecule has 0 spiro atoms. The van der Waals surface area contributed by atoms with Crippen molar-refractivity contribution in [2.75, 3.05) is 20.3 Å². The molecule has 1 aliphatic rings. The quantitative estimate of drug-likeness (QED) is 0.656. The summed E-state index contributed by atoms with van der Waals surface area (Å²) in [6.07, 6.45) is 9.78. The highest BCUT2D eigenvalue weighted by Crippen LogP contribution is 2.33. The minimum Gasteiger partial charge on any atom is -0.385 e. The van der Waals surface area contributed by atoms with Gasteiger partial charge in [-0.15, -0.1) is 0 Å². The average molecular weight is 241 g/mol. The molecule has 1 rings (SSSR count). The Balaban J connectivity index is 2.22. The van der Waals surface area contributed by atoms with Crippen LogP contribution in [0.1, 0.15) is 58.8 Å². The van der Waals surface area contributed by atoms with Gasteiger partial charge in [-0.1, -0.05) is 46.0 Å². The van der Waals surface area contributed by atoms with Gasteiger partial charge in [0.15, 0.2) is 0 Å². The Morgan fingerprint density at radius 3 is 2.47 bits per heavy atom. The molecule has 0 aromatic carbocycles. The molecule has 0 saturated heterocycles. The number of rotatable bonds is 8. The zero-order valence-electron chi connectivity index (χ0n) is 12.0. The van der Waals surface area contributed by atoms with E-state index in [0.29, 0.717) is 6.04 Å². The Kier molecular flexibility index (Phi) is 7.87. The Morgan fingerprint density at radius 1 is 1.12 bits per heavy atom. The van der Waals surface area contributed by atoms with Crippen molar-refractivity contribution >= 4 is 0 Å². The van der Waals surface area contributed by atoms with E-state index in [1.165, 1.54) is 51.5 Å². The zero-order chi connectivity index (χ0) is 12.5. The molecular weight excluding hydrogens is 210 g/mol. The Hall–Kier alpha value is -0.0800. The van der Waals surface area contributed by atoms with Crippen LogP contribution in [0.5, 0.6) is 0 Å². The topological polar surface area (TPSA) is 21.3 Å². The van der Waals surface area contributed by atoms with Crippen molar-refractivity contribution in [3.63, 3.8) is 0 Å². The highest BCUT2D eigenvalue weighted by atomic mass is 16.5. The largest absolute Gasteiger partial charge is 0.385 e. The lowest BCUT2D eigenvalue weighted by Gasteiger charge is -2.32. The smallest absolute Gasteiger partial charge is 0.0462 e. The lowest BCUT2D eigenvalue weighted by atomic mass is 9.76. The Labute approximate surface area is 108 Å². The van der Waals surface area contributed by atoms with Crippen molar-refractivity contribution in [3.8, 4) is 0 Å². The molecule has 1 N–H and O–H groups in total. The SMILES string of the molecule is COCCCCC1CCCCC1CNC(C)C. The van der Waals surface area contributed by atoms with Crippen molar-refractivity contribution in [2.24, 2.45) is 11.8 Å². The van der Waals surface area contributed by atoms with Crippen molar-refractivity contribution in [2.45, 2.75) is 64.8 Å². The van der Waals surface area contributed by atoms with Crippen LogP contribution in [0.2, 0.25) is 0 Å². The number of methoxy groups -OCH3 is 1. The summed E-state index contributed by atoms with van der Waals surface area (Å²) in [5.41, 5.74) is 0. The summed E-state index contributed by atoms with van der Waals surface area (Å²) in [5, 5.41) is 3.62. The highest BCUT2D eigenvalue weighted by Gasteiger charge is 2.24. The predicted molar refractivity (Wildman–Crippen MR) is 74.3 cm³/mol. The summed E-state index contributed by atoms with van der Waals surface area (Å²) in [6.45, 7) is 6.65. The van der Waals surface area contributed by atoms with E-state index in [-0.39, 0.29) is 0 Å². The number of unbranched alkanes of at least 4 members (excludes halogenated alkanes) is 1. The van der Waals surface area contributed by atoms with Crippen LogP contribution in [-0.4, -0.2) is 26.3 Å². The molecule has 0 aromatic heterocycles. The molecule has 2 atom stereocenters. The first kappa shape index (κ1) is 15.0. The van der Waals surface area contributed by atoms with Crippen LogP contribution in [0.3, 0.4) is 0 Å². The fourth-order valence-electron chi connectivity index (χ4n) is 2.97. The third kappa shape index (κ3) is 6.42. The van der Waals surface area contributed by atoms with Gasteiger partial charge in [0.1, 0.15) is 0 Å². The van der Waals surface area contributed by atoms with Gasteiger partial charge in [-0.05, 0) is 31.2 Å². The summed E-state index contributed by atoms with van der Waals surface area (Å²) in [7, 11) is 1.80. The van der Waals surface area contributed by atoms with Crippen molar-refractivity contribution < 1.29 is 4.74 Å². The monoisotopic (exact) mass is 241 g/mol. The van der Waals surface area contributed by atoms with E-state index in [1.807, 2.05) is 0 Å². The maximum atomic E-state index is 5.12. The molecule has 0 amide bonds.